The van der Waals surface area contributed by atoms with E-state index in [1.807, 2.05) is 0 Å². The van der Waals surface area contributed by atoms with Crippen LogP contribution >= 0.6 is 0 Å². The molecule has 2 nitrogen and oxygen atoms in total. The van der Waals surface area contributed by atoms with E-state index in [9.17, 15) is 0 Å². The number of benzene rings is 2. The van der Waals surface area contributed by atoms with Crippen molar-refractivity contribution in [1.82, 2.24) is 5.32 Å². The zero-order valence-electron chi connectivity index (χ0n) is 15.9. The van der Waals surface area contributed by atoms with Gasteiger partial charge in [-0.05, 0) is 58.2 Å². The van der Waals surface area contributed by atoms with Crippen molar-refractivity contribution in [3.05, 3.63) is 77.0 Å². The van der Waals surface area contributed by atoms with Gasteiger partial charge in [-0.15, -0.1) is 0 Å². The number of rotatable bonds is 4. The molecule has 2 heterocycles. The van der Waals surface area contributed by atoms with Crippen LogP contribution in [0, 0.1) is 11.8 Å². The smallest absolute Gasteiger partial charge is 0.127 e. The summed E-state index contributed by atoms with van der Waals surface area (Å²) >= 11 is 0. The van der Waals surface area contributed by atoms with E-state index in [0.717, 1.165) is 18.7 Å². The predicted molar refractivity (Wildman–Crippen MR) is 109 cm³/mol. The Morgan fingerprint density at radius 1 is 1.00 bits per heavy atom. The van der Waals surface area contributed by atoms with Crippen molar-refractivity contribution in [1.29, 1.82) is 0 Å². The molecule has 2 aliphatic heterocycles. The minimum atomic E-state index is 0.450. The van der Waals surface area contributed by atoms with Crippen LogP contribution in [0.4, 0.5) is 0 Å². The third kappa shape index (κ3) is 3.16. The Hall–Kier alpha value is -2.48. The first-order valence-corrected chi connectivity index (χ1v) is 9.61. The Bertz CT molecular complexity index is 876. The van der Waals surface area contributed by atoms with Gasteiger partial charge >= 0.3 is 0 Å². The largest absolute Gasteiger partial charge is 0.489 e. The molecule has 2 aliphatic rings. The van der Waals surface area contributed by atoms with E-state index in [1.54, 1.807) is 0 Å². The Morgan fingerprint density at radius 3 is 2.69 bits per heavy atom. The molecular formula is C24H27NO. The summed E-state index contributed by atoms with van der Waals surface area (Å²) < 4.78 is 5.92. The highest BCUT2D eigenvalue weighted by Gasteiger charge is 2.20. The summed E-state index contributed by atoms with van der Waals surface area (Å²) in [6, 6.07) is 15.5. The molecule has 0 radical (unpaired) electrons. The molecule has 0 aliphatic carbocycles. The lowest BCUT2D eigenvalue weighted by molar-refractivity contribution is 0.355. The second-order valence-corrected chi connectivity index (χ2v) is 7.70. The van der Waals surface area contributed by atoms with Gasteiger partial charge in [0.05, 0.1) is 0 Å². The van der Waals surface area contributed by atoms with Crippen LogP contribution in [0.2, 0.25) is 0 Å². The topological polar surface area (TPSA) is 21.3 Å². The lowest BCUT2D eigenvalue weighted by atomic mass is 9.85. The highest BCUT2D eigenvalue weighted by atomic mass is 16.5. The quantitative estimate of drug-likeness (QED) is 0.796. The molecule has 1 unspecified atom stereocenters. The molecule has 2 aromatic carbocycles. The maximum absolute atomic E-state index is 5.92. The van der Waals surface area contributed by atoms with E-state index in [1.165, 1.54) is 33.4 Å². The highest BCUT2D eigenvalue weighted by molar-refractivity contribution is 5.74. The van der Waals surface area contributed by atoms with E-state index >= 15 is 0 Å². The van der Waals surface area contributed by atoms with Gasteiger partial charge in [0.1, 0.15) is 12.4 Å². The van der Waals surface area contributed by atoms with Crippen molar-refractivity contribution in [2.75, 3.05) is 6.61 Å². The molecule has 0 fully saturated rings. The Labute approximate surface area is 156 Å². The van der Waals surface area contributed by atoms with E-state index in [-0.39, 0.29) is 0 Å². The van der Waals surface area contributed by atoms with Gasteiger partial charge in [0.25, 0.3) is 0 Å². The molecule has 0 amide bonds. The van der Waals surface area contributed by atoms with Crippen LogP contribution in [-0.4, -0.2) is 6.61 Å². The summed E-state index contributed by atoms with van der Waals surface area (Å²) in [5.74, 6) is 2.01. The molecule has 134 valence electrons. The maximum atomic E-state index is 5.92. The average Bonchev–Trinajstić information content (AvgIpc) is 2.66. The molecule has 0 bridgehead atoms. The van der Waals surface area contributed by atoms with Gasteiger partial charge < -0.3 is 10.1 Å². The molecule has 2 heteroatoms. The molecular weight excluding hydrogens is 318 g/mol. The summed E-state index contributed by atoms with van der Waals surface area (Å²) in [5, 5.41) is 3.43. The van der Waals surface area contributed by atoms with E-state index < -0.39 is 0 Å². The second-order valence-electron chi connectivity index (χ2n) is 7.70. The highest BCUT2D eigenvalue weighted by Crippen LogP contribution is 2.36. The molecule has 2 aromatic rings. The third-order valence-corrected chi connectivity index (χ3v) is 5.47. The first-order chi connectivity index (χ1) is 12.6. The van der Waals surface area contributed by atoms with Gasteiger partial charge in [0.2, 0.25) is 0 Å². The summed E-state index contributed by atoms with van der Waals surface area (Å²) in [5.41, 5.74) is 8.17. The molecule has 26 heavy (non-hydrogen) atoms. The van der Waals surface area contributed by atoms with Gasteiger partial charge in [-0.3, -0.25) is 0 Å². The van der Waals surface area contributed by atoms with E-state index in [4.69, 9.17) is 4.74 Å². The van der Waals surface area contributed by atoms with Crippen molar-refractivity contribution in [3.63, 3.8) is 0 Å². The Morgan fingerprint density at radius 2 is 1.85 bits per heavy atom. The van der Waals surface area contributed by atoms with Crippen molar-refractivity contribution < 1.29 is 4.74 Å². The van der Waals surface area contributed by atoms with Crippen LogP contribution in [0.25, 0.3) is 11.1 Å². The second kappa shape index (κ2) is 7.03. The fourth-order valence-corrected chi connectivity index (χ4v) is 4.11. The van der Waals surface area contributed by atoms with Gasteiger partial charge in [-0.1, -0.05) is 57.2 Å². The molecule has 1 N–H and O–H groups in total. The summed E-state index contributed by atoms with van der Waals surface area (Å²) in [7, 11) is 0. The van der Waals surface area contributed by atoms with Gasteiger partial charge in [0.15, 0.2) is 0 Å². The van der Waals surface area contributed by atoms with Crippen LogP contribution in [0.1, 0.15) is 43.0 Å². The average molecular weight is 345 g/mol. The number of allylic oxidation sites excluding steroid dienone is 2. The number of hydrogen-bond acceptors (Lipinski definition) is 2. The van der Waals surface area contributed by atoms with Crippen molar-refractivity contribution in [2.45, 2.75) is 33.7 Å². The first kappa shape index (κ1) is 17.0. The number of hydrogen-bond donors (Lipinski definition) is 1. The maximum Gasteiger partial charge on any atom is 0.127 e. The van der Waals surface area contributed by atoms with Crippen LogP contribution in [0.5, 0.6) is 5.75 Å². The molecule has 4 rings (SSSR count). The fraction of sp³-hybridized carbons (Fsp3) is 0.333. The van der Waals surface area contributed by atoms with E-state index in [2.05, 4.69) is 80.8 Å². The van der Waals surface area contributed by atoms with Crippen LogP contribution in [0.3, 0.4) is 0 Å². The van der Waals surface area contributed by atoms with Gasteiger partial charge in [-0.25, -0.2) is 0 Å². The fourth-order valence-electron chi connectivity index (χ4n) is 4.11. The monoisotopic (exact) mass is 345 g/mol. The summed E-state index contributed by atoms with van der Waals surface area (Å²) in [6.07, 6.45) is 5.42. The van der Waals surface area contributed by atoms with Gasteiger partial charge in [-0.2, -0.15) is 0 Å². The van der Waals surface area contributed by atoms with Crippen molar-refractivity contribution >= 4 is 11.1 Å². The minimum absolute atomic E-state index is 0.450. The number of ether oxygens (including phenoxy) is 1. The Balaban J connectivity index is 1.57. The van der Waals surface area contributed by atoms with Crippen LogP contribution < -0.4 is 10.1 Å². The first-order valence-electron chi connectivity index (χ1n) is 9.61. The minimum Gasteiger partial charge on any atom is -0.489 e. The van der Waals surface area contributed by atoms with E-state index in [0.29, 0.717) is 18.4 Å². The van der Waals surface area contributed by atoms with Crippen LogP contribution in [0.15, 0.2) is 54.7 Å². The van der Waals surface area contributed by atoms with Crippen LogP contribution in [-0.2, 0) is 13.0 Å². The number of nitrogens with one attached hydrogen (secondary N) is 1. The third-order valence-electron chi connectivity index (χ3n) is 5.47. The molecule has 0 saturated carbocycles. The zero-order valence-corrected chi connectivity index (χ0v) is 15.9. The number of fused-ring (bicyclic) bond motifs is 2. The molecule has 0 aromatic heterocycles. The summed E-state index contributed by atoms with van der Waals surface area (Å²) in [6.45, 7) is 8.41. The zero-order chi connectivity index (χ0) is 18.1. The van der Waals surface area contributed by atoms with Crippen molar-refractivity contribution in [2.24, 2.45) is 11.8 Å². The molecule has 0 spiro atoms. The normalized spacial score (nSPS) is 16.6. The summed E-state index contributed by atoms with van der Waals surface area (Å²) in [4.78, 5) is 0. The Kier molecular flexibility index (Phi) is 4.58. The SMILES string of the molecule is CC(C)C1=CCOc2cc(CC(C)C3=CNCc4ccccc43)ccc21. The van der Waals surface area contributed by atoms with Gasteiger partial charge in [0, 0.05) is 18.3 Å². The predicted octanol–water partition coefficient (Wildman–Crippen LogP) is 5.44. The van der Waals surface area contributed by atoms with Crippen molar-refractivity contribution in [3.8, 4) is 5.75 Å². The lowest BCUT2D eigenvalue weighted by Gasteiger charge is -2.25. The standard InChI is InChI=1S/C24H27NO/c1-16(2)20-10-11-26-24-13-18(8-9-22(20)24)12-17(3)23-15-25-14-19-6-4-5-7-21(19)23/h4-10,13,15-17,25H,11-12,14H2,1-3H3. The lowest BCUT2D eigenvalue weighted by Crippen LogP contribution is -2.17. The molecule has 0 saturated heterocycles. The molecule has 1 atom stereocenters.